The van der Waals surface area contributed by atoms with Gasteiger partial charge in [0.25, 0.3) is 0 Å². The normalized spacial score (nSPS) is 28.1. The molecule has 1 saturated carbocycles. The molecule has 0 aromatic carbocycles. The lowest BCUT2D eigenvalue weighted by molar-refractivity contribution is 0.145. The van der Waals surface area contributed by atoms with Crippen LogP contribution in [-0.2, 0) is 4.74 Å². The predicted molar refractivity (Wildman–Crippen MR) is 71.3 cm³/mol. The Labute approximate surface area is 106 Å². The summed E-state index contributed by atoms with van der Waals surface area (Å²) in [6.45, 7) is 6.38. The van der Waals surface area contributed by atoms with Crippen LogP contribution in [0, 0.1) is 5.92 Å². The molecule has 2 aliphatic rings. The maximum Gasteiger partial charge on any atom is 0.0622 e. The molecule has 2 fully saturated rings. The monoisotopic (exact) mass is 240 g/mol. The molecule has 3 nitrogen and oxygen atoms in total. The van der Waals surface area contributed by atoms with Crippen LogP contribution in [0.25, 0.3) is 0 Å². The molecule has 3 heteroatoms. The average Bonchev–Trinajstić information content (AvgIpc) is 3.01. The Bertz CT molecular complexity index is 210. The van der Waals surface area contributed by atoms with Gasteiger partial charge in [0.05, 0.1) is 6.61 Å². The number of ether oxygens (including phenoxy) is 1. The van der Waals surface area contributed by atoms with Gasteiger partial charge in [-0.25, -0.2) is 0 Å². The van der Waals surface area contributed by atoms with E-state index in [4.69, 9.17) is 4.74 Å². The number of hydrogen-bond acceptors (Lipinski definition) is 3. The zero-order valence-electron chi connectivity index (χ0n) is 11.5. The standard InChI is InChI=1S/C14H28N2O/c1-3-15-14(12-6-4-5-7-12)10-16(2)13-8-9-17-11-13/h12-15H,3-11H2,1-2H3. The largest absolute Gasteiger partial charge is 0.380 e. The highest BCUT2D eigenvalue weighted by Gasteiger charge is 2.28. The van der Waals surface area contributed by atoms with E-state index < -0.39 is 0 Å². The van der Waals surface area contributed by atoms with Gasteiger partial charge in [0, 0.05) is 25.2 Å². The Balaban J connectivity index is 1.82. The fraction of sp³-hybridized carbons (Fsp3) is 1.00. The van der Waals surface area contributed by atoms with Crippen molar-refractivity contribution in [2.45, 2.75) is 51.1 Å². The van der Waals surface area contributed by atoms with Gasteiger partial charge in [-0.05, 0) is 38.8 Å². The first kappa shape index (κ1) is 13.3. The van der Waals surface area contributed by atoms with E-state index in [1.54, 1.807) is 0 Å². The van der Waals surface area contributed by atoms with Crippen LogP contribution in [0.2, 0.25) is 0 Å². The highest BCUT2D eigenvalue weighted by atomic mass is 16.5. The second kappa shape index (κ2) is 6.72. The van der Waals surface area contributed by atoms with E-state index in [1.165, 1.54) is 38.6 Å². The highest BCUT2D eigenvalue weighted by Crippen LogP contribution is 2.28. The summed E-state index contributed by atoms with van der Waals surface area (Å²) in [6, 6.07) is 1.34. The Morgan fingerprint density at radius 2 is 2.06 bits per heavy atom. The van der Waals surface area contributed by atoms with Crippen LogP contribution in [-0.4, -0.2) is 50.3 Å². The minimum atomic E-state index is 0.651. The summed E-state index contributed by atoms with van der Waals surface area (Å²) in [5, 5.41) is 3.70. The van der Waals surface area contributed by atoms with Crippen LogP contribution in [0.1, 0.15) is 39.0 Å². The van der Waals surface area contributed by atoms with Crippen molar-refractivity contribution in [1.29, 1.82) is 0 Å². The summed E-state index contributed by atoms with van der Waals surface area (Å²) < 4.78 is 5.48. The Kier molecular flexibility index (Phi) is 5.26. The molecule has 0 radical (unpaired) electrons. The molecule has 2 unspecified atom stereocenters. The molecule has 1 saturated heterocycles. The molecule has 0 aromatic heterocycles. The molecular formula is C14H28N2O. The SMILES string of the molecule is CCNC(CN(C)C1CCOC1)C1CCCC1. The zero-order chi connectivity index (χ0) is 12.1. The molecular weight excluding hydrogens is 212 g/mol. The van der Waals surface area contributed by atoms with Crippen molar-refractivity contribution in [3.05, 3.63) is 0 Å². The Morgan fingerprint density at radius 3 is 2.65 bits per heavy atom. The van der Waals surface area contributed by atoms with Gasteiger partial charge in [0.1, 0.15) is 0 Å². The number of nitrogens with one attached hydrogen (secondary N) is 1. The minimum absolute atomic E-state index is 0.651. The van der Waals surface area contributed by atoms with Crippen molar-refractivity contribution in [3.8, 4) is 0 Å². The molecule has 0 spiro atoms. The van der Waals surface area contributed by atoms with E-state index in [0.717, 1.165) is 25.7 Å². The van der Waals surface area contributed by atoms with Gasteiger partial charge in [0.15, 0.2) is 0 Å². The van der Waals surface area contributed by atoms with Crippen LogP contribution in [0.15, 0.2) is 0 Å². The molecule has 2 rings (SSSR count). The first-order valence-electron chi connectivity index (χ1n) is 7.32. The summed E-state index contributed by atoms with van der Waals surface area (Å²) in [7, 11) is 2.26. The average molecular weight is 240 g/mol. The molecule has 1 heterocycles. The summed E-state index contributed by atoms with van der Waals surface area (Å²) in [6.07, 6.45) is 6.92. The quantitative estimate of drug-likeness (QED) is 0.767. The third-order valence-corrected chi connectivity index (χ3v) is 4.45. The fourth-order valence-electron chi connectivity index (χ4n) is 3.33. The third-order valence-electron chi connectivity index (χ3n) is 4.45. The molecule has 0 amide bonds. The topological polar surface area (TPSA) is 24.5 Å². The van der Waals surface area contributed by atoms with Crippen LogP contribution in [0.3, 0.4) is 0 Å². The molecule has 100 valence electrons. The zero-order valence-corrected chi connectivity index (χ0v) is 11.5. The van der Waals surface area contributed by atoms with E-state index in [1.807, 2.05) is 0 Å². The van der Waals surface area contributed by atoms with Crippen molar-refractivity contribution >= 4 is 0 Å². The number of nitrogens with zero attached hydrogens (tertiary/aromatic N) is 1. The van der Waals surface area contributed by atoms with E-state index in [-0.39, 0.29) is 0 Å². The van der Waals surface area contributed by atoms with E-state index >= 15 is 0 Å². The summed E-state index contributed by atoms with van der Waals surface area (Å²) in [4.78, 5) is 2.51. The molecule has 0 bridgehead atoms. The van der Waals surface area contributed by atoms with Crippen molar-refractivity contribution in [3.63, 3.8) is 0 Å². The summed E-state index contributed by atoms with van der Waals surface area (Å²) in [5.41, 5.74) is 0. The van der Waals surface area contributed by atoms with Gasteiger partial charge < -0.3 is 10.1 Å². The Hall–Kier alpha value is -0.120. The number of hydrogen-bond donors (Lipinski definition) is 1. The van der Waals surface area contributed by atoms with Crippen LogP contribution >= 0.6 is 0 Å². The molecule has 0 aromatic rings. The fourth-order valence-corrected chi connectivity index (χ4v) is 3.33. The van der Waals surface area contributed by atoms with Crippen molar-refractivity contribution in [1.82, 2.24) is 10.2 Å². The van der Waals surface area contributed by atoms with Gasteiger partial charge in [-0.1, -0.05) is 19.8 Å². The summed E-state index contributed by atoms with van der Waals surface area (Å²) >= 11 is 0. The van der Waals surface area contributed by atoms with Crippen molar-refractivity contribution < 1.29 is 4.74 Å². The van der Waals surface area contributed by atoms with Crippen molar-refractivity contribution in [2.24, 2.45) is 5.92 Å². The van der Waals surface area contributed by atoms with E-state index in [0.29, 0.717) is 12.1 Å². The van der Waals surface area contributed by atoms with Crippen molar-refractivity contribution in [2.75, 3.05) is 33.4 Å². The van der Waals surface area contributed by atoms with Crippen LogP contribution < -0.4 is 5.32 Å². The third kappa shape index (κ3) is 3.67. The van der Waals surface area contributed by atoms with E-state index in [9.17, 15) is 0 Å². The molecule has 17 heavy (non-hydrogen) atoms. The summed E-state index contributed by atoms with van der Waals surface area (Å²) in [5.74, 6) is 0.903. The predicted octanol–water partition coefficient (Wildman–Crippen LogP) is 1.88. The lowest BCUT2D eigenvalue weighted by atomic mass is 9.97. The lowest BCUT2D eigenvalue weighted by Crippen LogP contribution is -2.47. The number of likely N-dealkylation sites (N-methyl/N-ethyl adjacent to an activating group) is 2. The molecule has 1 N–H and O–H groups in total. The molecule has 1 aliphatic heterocycles. The van der Waals surface area contributed by atoms with Crippen LogP contribution in [0.4, 0.5) is 0 Å². The number of rotatable bonds is 6. The second-order valence-electron chi connectivity index (χ2n) is 5.67. The van der Waals surface area contributed by atoms with E-state index in [2.05, 4.69) is 24.2 Å². The van der Waals surface area contributed by atoms with Gasteiger partial charge in [-0.2, -0.15) is 0 Å². The maximum atomic E-state index is 5.48. The van der Waals surface area contributed by atoms with Crippen LogP contribution in [0.5, 0.6) is 0 Å². The maximum absolute atomic E-state index is 5.48. The molecule has 2 atom stereocenters. The lowest BCUT2D eigenvalue weighted by Gasteiger charge is -2.31. The second-order valence-corrected chi connectivity index (χ2v) is 5.67. The smallest absolute Gasteiger partial charge is 0.0622 e. The van der Waals surface area contributed by atoms with Gasteiger partial charge in [-0.15, -0.1) is 0 Å². The Morgan fingerprint density at radius 1 is 1.29 bits per heavy atom. The van der Waals surface area contributed by atoms with Gasteiger partial charge in [-0.3, -0.25) is 4.90 Å². The minimum Gasteiger partial charge on any atom is -0.380 e. The highest BCUT2D eigenvalue weighted by molar-refractivity contribution is 4.85. The molecule has 1 aliphatic carbocycles. The van der Waals surface area contributed by atoms with Gasteiger partial charge >= 0.3 is 0 Å². The van der Waals surface area contributed by atoms with Gasteiger partial charge in [0.2, 0.25) is 0 Å². The first-order valence-corrected chi connectivity index (χ1v) is 7.32. The first-order chi connectivity index (χ1) is 8.31.